The predicted molar refractivity (Wildman–Crippen MR) is 132 cm³/mol. The largest absolute Gasteiger partial charge is 0.482 e. The highest BCUT2D eigenvalue weighted by atomic mass is 32.1. The Balaban J connectivity index is 1.56. The number of thiophene rings is 1. The number of anilines is 1. The molecule has 5 rings (SSSR count). The van der Waals surface area contributed by atoms with Crippen molar-refractivity contribution in [1.82, 2.24) is 14.5 Å². The first kappa shape index (κ1) is 22.7. The average molecular weight is 481 g/mol. The van der Waals surface area contributed by atoms with Gasteiger partial charge in [0.05, 0.1) is 24.2 Å². The minimum atomic E-state index is -0.204. The maximum atomic E-state index is 13.7. The van der Waals surface area contributed by atoms with Gasteiger partial charge in [0.2, 0.25) is 0 Å². The number of aromatic nitrogens is 2. The number of likely N-dealkylation sites (N-methyl/N-ethyl adjacent to an activating group) is 1. The Morgan fingerprint density at radius 1 is 1.21 bits per heavy atom. The lowest BCUT2D eigenvalue weighted by Crippen LogP contribution is -2.38. The van der Waals surface area contributed by atoms with Gasteiger partial charge in [-0.2, -0.15) is 0 Å². The molecule has 178 valence electrons. The second-order valence-electron chi connectivity index (χ2n) is 9.08. The number of Topliss-reactive ketones (excluding diaryl/α,β-unsaturated/α-hetero) is 1. The zero-order chi connectivity index (χ0) is 24.0. The summed E-state index contributed by atoms with van der Waals surface area (Å²) in [5.74, 6) is 0.822. The number of hydrogen-bond donors (Lipinski definition) is 0. The third-order valence-corrected chi connectivity index (χ3v) is 7.64. The molecule has 0 bridgehead atoms. The van der Waals surface area contributed by atoms with Gasteiger partial charge in [-0.05, 0) is 70.5 Å². The van der Waals surface area contributed by atoms with Gasteiger partial charge in [-0.15, -0.1) is 11.3 Å². The fraction of sp³-hybridized carbons (Fsp3) is 0.440. The van der Waals surface area contributed by atoms with E-state index in [0.29, 0.717) is 41.3 Å². The summed E-state index contributed by atoms with van der Waals surface area (Å²) in [6, 6.07) is 5.10. The van der Waals surface area contributed by atoms with Crippen LogP contribution >= 0.6 is 11.3 Å². The molecule has 1 aliphatic carbocycles. The van der Waals surface area contributed by atoms with Crippen molar-refractivity contribution in [3.8, 4) is 5.75 Å². The second-order valence-corrected chi connectivity index (χ2v) is 10.2. The smallest absolute Gasteiger partial charge is 0.265 e. The van der Waals surface area contributed by atoms with Crippen LogP contribution in [0, 0.1) is 0 Å². The Morgan fingerprint density at radius 3 is 2.76 bits per heavy atom. The lowest BCUT2D eigenvalue weighted by Gasteiger charge is -2.28. The first-order valence-electron chi connectivity index (χ1n) is 11.7. The molecular formula is C25H28N4O4S. The van der Waals surface area contributed by atoms with Crippen molar-refractivity contribution in [2.24, 2.45) is 0 Å². The van der Waals surface area contributed by atoms with Crippen LogP contribution in [0.15, 0.2) is 23.0 Å². The van der Waals surface area contributed by atoms with Gasteiger partial charge in [0.1, 0.15) is 16.4 Å². The van der Waals surface area contributed by atoms with E-state index in [1.54, 1.807) is 34.4 Å². The van der Waals surface area contributed by atoms with E-state index in [1.807, 2.05) is 25.9 Å². The molecular weight excluding hydrogens is 452 g/mol. The summed E-state index contributed by atoms with van der Waals surface area (Å²) in [5.41, 5.74) is 2.00. The molecule has 0 spiro atoms. The maximum absolute atomic E-state index is 13.7. The van der Waals surface area contributed by atoms with E-state index in [-0.39, 0.29) is 30.4 Å². The van der Waals surface area contributed by atoms with Crippen molar-refractivity contribution in [3.63, 3.8) is 0 Å². The topological polar surface area (TPSA) is 84.7 Å². The number of nitrogens with zero attached hydrogens (tertiary/aromatic N) is 4. The molecule has 0 atom stereocenters. The lowest BCUT2D eigenvalue weighted by molar-refractivity contribution is -0.121. The van der Waals surface area contributed by atoms with Gasteiger partial charge in [0.25, 0.3) is 11.5 Å². The van der Waals surface area contributed by atoms with Crippen molar-refractivity contribution in [2.75, 3.05) is 32.1 Å². The van der Waals surface area contributed by atoms with Gasteiger partial charge in [-0.1, -0.05) is 0 Å². The van der Waals surface area contributed by atoms with Crippen LogP contribution in [-0.2, 0) is 30.7 Å². The molecule has 0 radical (unpaired) electrons. The van der Waals surface area contributed by atoms with Crippen LogP contribution in [0.2, 0.25) is 0 Å². The van der Waals surface area contributed by atoms with Gasteiger partial charge in [-0.25, -0.2) is 4.98 Å². The van der Waals surface area contributed by atoms with Gasteiger partial charge >= 0.3 is 0 Å². The summed E-state index contributed by atoms with van der Waals surface area (Å²) in [6.45, 7) is 2.72. The Hall–Kier alpha value is -3.04. The highest BCUT2D eigenvalue weighted by Crippen LogP contribution is 2.35. The number of ketones is 1. The molecule has 1 aliphatic heterocycles. The van der Waals surface area contributed by atoms with Crippen molar-refractivity contribution in [2.45, 2.75) is 45.7 Å². The van der Waals surface area contributed by atoms with Crippen molar-refractivity contribution in [3.05, 3.63) is 50.4 Å². The van der Waals surface area contributed by atoms with Crippen molar-refractivity contribution < 1.29 is 14.3 Å². The molecule has 0 saturated carbocycles. The van der Waals surface area contributed by atoms with E-state index in [4.69, 9.17) is 9.72 Å². The number of fused-ring (bicyclic) bond motifs is 4. The molecule has 2 aromatic heterocycles. The first-order chi connectivity index (χ1) is 16.4. The van der Waals surface area contributed by atoms with Crippen molar-refractivity contribution >= 4 is 38.9 Å². The average Bonchev–Trinajstić information content (AvgIpc) is 3.19. The minimum Gasteiger partial charge on any atom is -0.482 e. The highest BCUT2D eigenvalue weighted by Gasteiger charge is 2.27. The molecule has 34 heavy (non-hydrogen) atoms. The van der Waals surface area contributed by atoms with Crippen LogP contribution in [0.1, 0.15) is 46.4 Å². The van der Waals surface area contributed by atoms with Crippen LogP contribution in [0.4, 0.5) is 5.69 Å². The van der Waals surface area contributed by atoms with Crippen LogP contribution in [0.3, 0.4) is 0 Å². The summed E-state index contributed by atoms with van der Waals surface area (Å²) < 4.78 is 7.06. The summed E-state index contributed by atoms with van der Waals surface area (Å²) in [4.78, 5) is 49.7. The summed E-state index contributed by atoms with van der Waals surface area (Å²) in [5, 5.41) is 0.677. The molecule has 9 heteroatoms. The number of ether oxygens (including phenoxy) is 1. The number of amides is 1. The van der Waals surface area contributed by atoms with Crippen LogP contribution in [0.5, 0.6) is 5.75 Å². The van der Waals surface area contributed by atoms with Gasteiger partial charge in [-0.3, -0.25) is 19.0 Å². The number of carbonyl (C=O) groups is 2. The van der Waals surface area contributed by atoms with E-state index in [1.165, 1.54) is 9.44 Å². The predicted octanol–water partition coefficient (Wildman–Crippen LogP) is 3.03. The molecule has 0 N–H and O–H groups in total. The standard InChI is InChI=1S/C25H28N4O4S/c1-4-28-17-11-15(9-10-19(17)33-14-22(28)31)18(30)12-29-21(13-27(2)3)26-24-23(25(29)32)16-7-5-6-8-20(16)34-24/h9-11H,4-8,12-14H2,1-3H3. The van der Waals surface area contributed by atoms with E-state index in [9.17, 15) is 14.4 Å². The van der Waals surface area contributed by atoms with Crippen LogP contribution < -0.4 is 15.2 Å². The van der Waals surface area contributed by atoms with E-state index < -0.39 is 0 Å². The number of carbonyl (C=O) groups excluding carboxylic acids is 2. The van der Waals surface area contributed by atoms with E-state index in [2.05, 4.69) is 0 Å². The fourth-order valence-corrected chi connectivity index (χ4v) is 6.07. The molecule has 1 aromatic carbocycles. The van der Waals surface area contributed by atoms with E-state index in [0.717, 1.165) is 36.1 Å². The second kappa shape index (κ2) is 8.96. The molecule has 2 aliphatic rings. The Labute approximate surface area is 201 Å². The van der Waals surface area contributed by atoms with Crippen molar-refractivity contribution in [1.29, 1.82) is 0 Å². The summed E-state index contributed by atoms with van der Waals surface area (Å²) in [7, 11) is 3.84. The third kappa shape index (κ3) is 3.92. The van der Waals surface area contributed by atoms with Crippen LogP contribution in [-0.4, -0.2) is 53.4 Å². The highest BCUT2D eigenvalue weighted by molar-refractivity contribution is 7.18. The summed E-state index contributed by atoms with van der Waals surface area (Å²) >= 11 is 1.62. The molecule has 8 nitrogen and oxygen atoms in total. The van der Waals surface area contributed by atoms with Crippen LogP contribution in [0.25, 0.3) is 10.2 Å². The minimum absolute atomic E-state index is 0.00588. The molecule has 1 amide bonds. The van der Waals surface area contributed by atoms with Gasteiger partial charge in [0.15, 0.2) is 12.4 Å². The zero-order valence-corrected chi connectivity index (χ0v) is 20.5. The normalized spacial score (nSPS) is 15.4. The lowest BCUT2D eigenvalue weighted by atomic mass is 9.97. The van der Waals surface area contributed by atoms with Gasteiger partial charge in [0, 0.05) is 17.0 Å². The number of aryl methyl sites for hydroxylation is 2. The molecule has 3 aromatic rings. The van der Waals surface area contributed by atoms with E-state index >= 15 is 0 Å². The Kier molecular flexibility index (Phi) is 5.99. The Morgan fingerprint density at radius 2 is 2.00 bits per heavy atom. The first-order valence-corrected chi connectivity index (χ1v) is 12.5. The number of rotatable bonds is 6. The molecule has 0 fully saturated rings. The fourth-order valence-electron chi connectivity index (χ4n) is 4.80. The Bertz CT molecular complexity index is 1360. The SMILES string of the molecule is CCN1C(=O)COc2ccc(C(=O)Cn3c(CN(C)C)nc4sc5c(c4c3=O)CCCC5)cc21. The summed E-state index contributed by atoms with van der Waals surface area (Å²) in [6.07, 6.45) is 4.08. The third-order valence-electron chi connectivity index (χ3n) is 6.45. The maximum Gasteiger partial charge on any atom is 0.265 e. The molecule has 0 saturated heterocycles. The number of benzene rings is 1. The number of hydrogen-bond acceptors (Lipinski definition) is 7. The van der Waals surface area contributed by atoms with Gasteiger partial charge < -0.3 is 14.5 Å². The monoisotopic (exact) mass is 480 g/mol. The molecule has 3 heterocycles. The zero-order valence-electron chi connectivity index (χ0n) is 19.7. The quantitative estimate of drug-likeness (QED) is 0.504. The molecule has 0 unspecified atom stereocenters.